The van der Waals surface area contributed by atoms with E-state index in [1.807, 2.05) is 6.07 Å². The van der Waals surface area contributed by atoms with Gasteiger partial charge in [0.25, 0.3) is 0 Å². The Balaban J connectivity index is 2.04. The van der Waals surface area contributed by atoms with Gasteiger partial charge >= 0.3 is 12.2 Å². The molecule has 0 aliphatic rings. The monoisotopic (exact) mass is 384 g/mol. The minimum absolute atomic E-state index is 0.0243. The van der Waals surface area contributed by atoms with E-state index in [1.54, 1.807) is 36.4 Å². The predicted molar refractivity (Wildman–Crippen MR) is 109 cm³/mol. The van der Waals surface area contributed by atoms with Crippen LogP contribution in [-0.2, 0) is 10.8 Å². The number of para-hydroxylation sites is 1. The van der Waals surface area contributed by atoms with Gasteiger partial charge in [-0.25, -0.2) is 20.4 Å². The van der Waals surface area contributed by atoms with Gasteiger partial charge < -0.3 is 9.47 Å². The maximum Gasteiger partial charge on any atom is 0.431 e. The van der Waals surface area contributed by atoms with Crippen LogP contribution in [0.2, 0.25) is 0 Å². The quantitative estimate of drug-likeness (QED) is 0.709. The van der Waals surface area contributed by atoms with Crippen molar-refractivity contribution in [2.45, 2.75) is 52.4 Å². The van der Waals surface area contributed by atoms with Crippen molar-refractivity contribution in [3.8, 4) is 11.5 Å². The molecule has 0 atom stereocenters. The number of ether oxygens (including phenoxy) is 2. The summed E-state index contributed by atoms with van der Waals surface area (Å²) in [5, 5.41) is 0. The van der Waals surface area contributed by atoms with Gasteiger partial charge in [-0.05, 0) is 34.6 Å². The molecule has 150 valence electrons. The van der Waals surface area contributed by atoms with Gasteiger partial charge in [0, 0.05) is 5.56 Å². The van der Waals surface area contributed by atoms with Crippen LogP contribution in [0.25, 0.3) is 0 Å². The van der Waals surface area contributed by atoms with Crippen LogP contribution in [0.1, 0.15) is 52.7 Å². The first kappa shape index (κ1) is 21.3. The van der Waals surface area contributed by atoms with Gasteiger partial charge in [0.2, 0.25) is 0 Å². The molecule has 0 aliphatic carbocycles. The lowest BCUT2D eigenvalue weighted by molar-refractivity contribution is 0.178. The highest BCUT2D eigenvalue weighted by molar-refractivity contribution is 5.76. The van der Waals surface area contributed by atoms with Crippen LogP contribution >= 0.6 is 0 Å². The topological polar surface area (TPSA) is 76.7 Å². The van der Waals surface area contributed by atoms with Crippen molar-refractivity contribution in [2.24, 2.45) is 0 Å². The first-order valence-electron chi connectivity index (χ1n) is 9.12. The fourth-order valence-corrected chi connectivity index (χ4v) is 2.52. The standard InChI is InChI=1S/C22H28N2O4/c1-21(2,3)15-12-13-18(17(14-15)22(4,5)6)28-20(26)24-23-19(25)27-16-10-8-7-9-11-16/h7-14H,1-6H3,(H,23,25)(H,24,26). The number of carbonyl (C=O) groups excluding carboxylic acids is 2. The average molecular weight is 384 g/mol. The molecule has 0 aliphatic heterocycles. The van der Waals surface area contributed by atoms with Crippen molar-refractivity contribution < 1.29 is 19.1 Å². The molecule has 0 saturated carbocycles. The largest absolute Gasteiger partial charge is 0.431 e. The van der Waals surface area contributed by atoms with Crippen molar-refractivity contribution in [3.05, 3.63) is 59.7 Å². The van der Waals surface area contributed by atoms with Crippen molar-refractivity contribution in [2.75, 3.05) is 0 Å². The molecule has 2 aromatic rings. The van der Waals surface area contributed by atoms with E-state index in [9.17, 15) is 9.59 Å². The molecule has 0 bridgehead atoms. The Morgan fingerprint density at radius 3 is 1.86 bits per heavy atom. The molecule has 0 saturated heterocycles. The fraction of sp³-hybridized carbons (Fsp3) is 0.364. The van der Waals surface area contributed by atoms with Gasteiger partial charge in [0.1, 0.15) is 11.5 Å². The maximum atomic E-state index is 12.1. The number of hydrazine groups is 1. The lowest BCUT2D eigenvalue weighted by Gasteiger charge is -2.26. The van der Waals surface area contributed by atoms with Crippen molar-refractivity contribution >= 4 is 12.2 Å². The first-order chi connectivity index (χ1) is 13.0. The SMILES string of the molecule is CC(C)(C)c1ccc(OC(=O)NNC(=O)Oc2ccccc2)c(C(C)(C)C)c1. The summed E-state index contributed by atoms with van der Waals surface area (Å²) in [6.07, 6.45) is -1.62. The maximum absolute atomic E-state index is 12.1. The summed E-state index contributed by atoms with van der Waals surface area (Å²) in [6, 6.07) is 14.3. The zero-order chi connectivity index (χ0) is 20.9. The zero-order valence-corrected chi connectivity index (χ0v) is 17.3. The number of carbonyl (C=O) groups is 2. The minimum Gasteiger partial charge on any atom is -0.409 e. The third-order valence-electron chi connectivity index (χ3n) is 4.08. The van der Waals surface area contributed by atoms with E-state index in [0.29, 0.717) is 11.5 Å². The Labute approximate surface area is 166 Å². The Morgan fingerprint density at radius 1 is 0.750 bits per heavy atom. The lowest BCUT2D eigenvalue weighted by atomic mass is 9.80. The summed E-state index contributed by atoms with van der Waals surface area (Å²) < 4.78 is 10.4. The number of rotatable bonds is 2. The van der Waals surface area contributed by atoms with E-state index in [4.69, 9.17) is 9.47 Å². The summed E-state index contributed by atoms with van der Waals surface area (Å²) in [5.41, 5.74) is 6.15. The van der Waals surface area contributed by atoms with Crippen LogP contribution < -0.4 is 20.3 Å². The van der Waals surface area contributed by atoms with E-state index in [1.165, 1.54) is 0 Å². The fourth-order valence-electron chi connectivity index (χ4n) is 2.52. The molecule has 2 aromatic carbocycles. The van der Waals surface area contributed by atoms with Gasteiger partial charge in [-0.3, -0.25) is 0 Å². The lowest BCUT2D eigenvalue weighted by Crippen LogP contribution is -2.44. The summed E-state index contributed by atoms with van der Waals surface area (Å²) >= 11 is 0. The van der Waals surface area contributed by atoms with Crippen LogP contribution in [0.3, 0.4) is 0 Å². The van der Waals surface area contributed by atoms with Crippen LogP contribution in [0, 0.1) is 0 Å². The molecule has 6 nitrogen and oxygen atoms in total. The van der Waals surface area contributed by atoms with E-state index in [-0.39, 0.29) is 10.8 Å². The van der Waals surface area contributed by atoms with Crippen molar-refractivity contribution in [1.29, 1.82) is 0 Å². The number of hydrogen-bond acceptors (Lipinski definition) is 4. The molecule has 0 radical (unpaired) electrons. The summed E-state index contributed by atoms with van der Waals surface area (Å²) in [5.74, 6) is 0.805. The van der Waals surface area contributed by atoms with Gasteiger partial charge in [0.15, 0.2) is 0 Å². The molecular weight excluding hydrogens is 356 g/mol. The van der Waals surface area contributed by atoms with Gasteiger partial charge in [0.05, 0.1) is 0 Å². The molecule has 2 N–H and O–H groups in total. The van der Waals surface area contributed by atoms with Gasteiger partial charge in [-0.1, -0.05) is 71.9 Å². The molecular formula is C22H28N2O4. The number of hydrogen-bond donors (Lipinski definition) is 2. The van der Waals surface area contributed by atoms with Crippen LogP contribution in [0.4, 0.5) is 9.59 Å². The highest BCUT2D eigenvalue weighted by Crippen LogP contribution is 2.35. The highest BCUT2D eigenvalue weighted by Gasteiger charge is 2.24. The van der Waals surface area contributed by atoms with Crippen LogP contribution in [0.15, 0.2) is 48.5 Å². The predicted octanol–water partition coefficient (Wildman–Crippen LogP) is 5.07. The van der Waals surface area contributed by atoms with E-state index in [2.05, 4.69) is 58.5 Å². The first-order valence-corrected chi connectivity index (χ1v) is 9.12. The molecule has 2 rings (SSSR count). The Bertz CT molecular complexity index is 834. The van der Waals surface area contributed by atoms with E-state index >= 15 is 0 Å². The summed E-state index contributed by atoms with van der Waals surface area (Å²) in [7, 11) is 0. The highest BCUT2D eigenvalue weighted by atomic mass is 16.6. The molecule has 2 amide bonds. The number of nitrogens with one attached hydrogen (secondary N) is 2. The Hall–Kier alpha value is -3.02. The molecule has 0 spiro atoms. The minimum atomic E-state index is -0.817. The number of amides is 2. The van der Waals surface area contributed by atoms with E-state index < -0.39 is 12.2 Å². The second-order valence-corrected chi connectivity index (χ2v) is 8.55. The Kier molecular flexibility index (Phi) is 6.33. The molecule has 6 heteroatoms. The smallest absolute Gasteiger partial charge is 0.409 e. The molecule has 0 unspecified atom stereocenters. The summed E-state index contributed by atoms with van der Waals surface area (Å²) in [4.78, 5) is 23.9. The van der Waals surface area contributed by atoms with E-state index in [0.717, 1.165) is 11.1 Å². The molecule has 0 heterocycles. The van der Waals surface area contributed by atoms with Crippen LogP contribution in [-0.4, -0.2) is 12.2 Å². The normalized spacial score (nSPS) is 11.5. The second kappa shape index (κ2) is 8.33. The van der Waals surface area contributed by atoms with Crippen molar-refractivity contribution in [1.82, 2.24) is 10.9 Å². The summed E-state index contributed by atoms with van der Waals surface area (Å²) in [6.45, 7) is 12.5. The van der Waals surface area contributed by atoms with Crippen molar-refractivity contribution in [3.63, 3.8) is 0 Å². The van der Waals surface area contributed by atoms with Crippen LogP contribution in [0.5, 0.6) is 11.5 Å². The second-order valence-electron chi connectivity index (χ2n) is 8.55. The third-order valence-corrected chi connectivity index (χ3v) is 4.08. The van der Waals surface area contributed by atoms with Gasteiger partial charge in [-0.2, -0.15) is 0 Å². The number of benzene rings is 2. The van der Waals surface area contributed by atoms with Gasteiger partial charge in [-0.15, -0.1) is 0 Å². The zero-order valence-electron chi connectivity index (χ0n) is 17.3. The average Bonchev–Trinajstić information content (AvgIpc) is 2.59. The molecule has 0 fully saturated rings. The molecule has 0 aromatic heterocycles. The third kappa shape index (κ3) is 6.01. The molecule has 28 heavy (non-hydrogen) atoms. The Morgan fingerprint density at radius 2 is 1.32 bits per heavy atom.